The van der Waals surface area contributed by atoms with Crippen molar-refractivity contribution in [2.45, 2.75) is 80.3 Å². The Morgan fingerprint density at radius 3 is 1.30 bits per heavy atom. The lowest BCUT2D eigenvalue weighted by Gasteiger charge is -2.31. The number of nitrogens with two attached hydrogens (primary N) is 1. The first kappa shape index (κ1) is 76.8. The third-order valence-corrected chi connectivity index (χ3v) is 14.3. The zero-order chi connectivity index (χ0) is 57.5. The number of nitro benzene ring substituents is 1. The number of Topliss-reactive ketones (excluding diaryl/α,β-unsaturated/α-hetero) is 2. The second kappa shape index (κ2) is 36.7. The molecule has 0 aliphatic carbocycles. The van der Waals surface area contributed by atoms with Gasteiger partial charge in [-0.05, 0) is 83.6 Å². The van der Waals surface area contributed by atoms with Gasteiger partial charge in [0.1, 0.15) is 48.4 Å². The molecule has 6 aromatic carbocycles. The molecule has 0 spiro atoms. The van der Waals surface area contributed by atoms with E-state index in [1.807, 2.05) is 77.7 Å². The predicted octanol–water partition coefficient (Wildman–Crippen LogP) is 13.4. The summed E-state index contributed by atoms with van der Waals surface area (Å²) < 4.78 is 20.9. The van der Waals surface area contributed by atoms with Crippen molar-refractivity contribution >= 4 is 131 Å². The second-order valence-electron chi connectivity index (χ2n) is 18.4. The summed E-state index contributed by atoms with van der Waals surface area (Å²) in [5.41, 5.74) is 11.1. The van der Waals surface area contributed by atoms with E-state index in [1.54, 1.807) is 36.4 Å². The number of benzene rings is 6. The minimum Gasteiger partial charge on any atom is -0.490 e. The number of non-ortho nitro benzene ring substituents is 1. The van der Waals surface area contributed by atoms with Crippen molar-refractivity contribution in [3.63, 3.8) is 0 Å². The number of esters is 2. The SMILES string of the molecule is C.C.C.C.COC(=O)[C@H](CCC(=O)CCN1CCOc2ccc(N)cc21)NC(=O)c1c(Cl)cc(-c2ccccc2)cc1Cl.COC(=O)[C@H](CCC(=O)CCN1CCOc2ccc([N+](=O)[O-])cc21)NC(=O)c1c(Cl)cc(-c2ccccc2)cc1Cl.S.S. The van der Waals surface area contributed by atoms with Crippen LogP contribution in [0.5, 0.6) is 11.5 Å². The fourth-order valence-electron chi connectivity index (χ4n) is 8.93. The topological polar surface area (TPSA) is 239 Å². The quantitative estimate of drug-likeness (QED) is 0.0263. The molecule has 0 unspecified atom stereocenters. The van der Waals surface area contributed by atoms with Crippen LogP contribution in [0.1, 0.15) is 88.9 Å². The molecule has 8 rings (SSSR count). The van der Waals surface area contributed by atoms with Crippen LogP contribution in [0.25, 0.3) is 22.3 Å². The number of anilines is 3. The van der Waals surface area contributed by atoms with Crippen LogP contribution < -0.4 is 35.6 Å². The molecule has 0 radical (unpaired) electrons. The fourth-order valence-corrected chi connectivity index (χ4v) is 10.2. The monoisotopic (exact) mass is 1300 g/mol. The van der Waals surface area contributed by atoms with Gasteiger partial charge in [0.25, 0.3) is 17.5 Å². The number of hydrogen-bond acceptors (Lipinski definition) is 15. The Balaban J connectivity index is 0.000000805. The number of ether oxygens (including phenoxy) is 4. The van der Waals surface area contributed by atoms with Gasteiger partial charge in [-0.1, -0.05) is 137 Å². The standard InChI is InChI=1S/C29H27Cl2N3O7.C29H29Cl2N3O5.4CH4.2H2S/c1-40-29(37)24(32-28(36)27-22(30)15-19(16-23(27)31)18-5-3-2-4-6-18)9-8-21(35)11-12-33-13-14-41-26-10-7-20(34(38)39)17-25(26)33;1-38-29(37)24(9-8-21(35)11-12-34-13-14-39-26-10-7-20(32)17-25(26)34)33-28(36)27-22(30)15-19(16-23(27)31)18-5-3-2-4-6-18;;;;;;/h2-7,10,15-17,24H,8-9,11-14H2,1H3,(H,32,36);2-7,10,15-17,24H,8-9,11-14,32H2,1H3,(H,33,36);4*1H4;2*1H2/t2*24-;;;;;;/m00....../s1. The number of amides is 2. The molecule has 2 amide bonds. The van der Waals surface area contributed by atoms with Crippen molar-refractivity contribution in [2.24, 2.45) is 0 Å². The Morgan fingerprint density at radius 1 is 0.558 bits per heavy atom. The van der Waals surface area contributed by atoms with Crippen molar-refractivity contribution in [1.29, 1.82) is 0 Å². The third-order valence-electron chi connectivity index (χ3n) is 13.1. The van der Waals surface area contributed by atoms with Gasteiger partial charge in [0.05, 0.1) is 74.8 Å². The molecule has 0 saturated carbocycles. The number of rotatable bonds is 21. The number of fused-ring (bicyclic) bond motifs is 2. The zero-order valence-electron chi connectivity index (χ0n) is 44.5. The molecule has 0 bridgehead atoms. The van der Waals surface area contributed by atoms with Crippen molar-refractivity contribution < 1.29 is 52.6 Å². The number of ketones is 2. The summed E-state index contributed by atoms with van der Waals surface area (Å²) in [6, 6.07) is 33.0. The summed E-state index contributed by atoms with van der Waals surface area (Å²) in [4.78, 5) is 91.1. The summed E-state index contributed by atoms with van der Waals surface area (Å²) in [6.07, 6.45) is 0.515. The van der Waals surface area contributed by atoms with Crippen molar-refractivity contribution in [1.82, 2.24) is 10.6 Å². The summed E-state index contributed by atoms with van der Waals surface area (Å²) >= 11 is 25.7. The molecule has 0 saturated heterocycles. The van der Waals surface area contributed by atoms with Crippen LogP contribution in [-0.2, 0) is 28.7 Å². The van der Waals surface area contributed by atoms with Crippen LogP contribution in [0.15, 0.2) is 121 Å². The van der Waals surface area contributed by atoms with Crippen LogP contribution in [0.4, 0.5) is 22.7 Å². The molecule has 0 fully saturated rings. The fraction of sp³-hybridized carbons (Fsp3) is 0.323. The maximum absolute atomic E-state index is 13.1. The highest BCUT2D eigenvalue weighted by molar-refractivity contribution is 7.59. The number of nitro groups is 1. The van der Waals surface area contributed by atoms with E-state index in [2.05, 4.69) is 15.5 Å². The van der Waals surface area contributed by atoms with E-state index in [0.29, 0.717) is 56.5 Å². The number of carbonyl (C=O) groups excluding carboxylic acids is 6. The van der Waals surface area contributed by atoms with Gasteiger partial charge >= 0.3 is 11.9 Å². The Bertz CT molecular complexity index is 3230. The second-order valence-corrected chi connectivity index (χ2v) is 20.1. The molecule has 4 N–H and O–H groups in total. The van der Waals surface area contributed by atoms with Gasteiger partial charge in [-0.3, -0.25) is 29.3 Å². The van der Waals surface area contributed by atoms with Gasteiger partial charge in [-0.15, -0.1) is 0 Å². The van der Waals surface area contributed by atoms with Crippen molar-refractivity contribution in [2.75, 3.05) is 69.1 Å². The number of halogens is 4. The summed E-state index contributed by atoms with van der Waals surface area (Å²) in [7, 11) is 2.41. The third kappa shape index (κ3) is 20.5. The minimum atomic E-state index is -1.11. The van der Waals surface area contributed by atoms with Gasteiger partial charge in [0.2, 0.25) is 0 Å². The molecule has 24 heteroatoms. The lowest BCUT2D eigenvalue weighted by Crippen LogP contribution is -2.42. The number of nitrogens with one attached hydrogen (secondary N) is 2. The Morgan fingerprint density at radius 2 is 0.930 bits per heavy atom. The van der Waals surface area contributed by atoms with E-state index < -0.39 is 40.8 Å². The van der Waals surface area contributed by atoms with Crippen LogP contribution in [0.3, 0.4) is 0 Å². The minimum absolute atomic E-state index is 0. The lowest BCUT2D eigenvalue weighted by atomic mass is 10.0. The molecule has 86 heavy (non-hydrogen) atoms. The number of carbonyl (C=O) groups is 6. The van der Waals surface area contributed by atoms with Gasteiger partial charge in [-0.2, -0.15) is 27.0 Å². The molecule has 0 aromatic heterocycles. The highest BCUT2D eigenvalue weighted by Gasteiger charge is 2.29. The van der Waals surface area contributed by atoms with Gasteiger partial charge < -0.3 is 45.1 Å². The Kier molecular flexibility index (Phi) is 32.8. The molecule has 466 valence electrons. The predicted molar refractivity (Wildman–Crippen MR) is 355 cm³/mol. The Labute approximate surface area is 537 Å². The summed E-state index contributed by atoms with van der Waals surface area (Å²) in [5.74, 6) is -1.66. The number of nitrogen functional groups attached to an aromatic ring is 1. The van der Waals surface area contributed by atoms with E-state index in [9.17, 15) is 38.9 Å². The largest absolute Gasteiger partial charge is 0.490 e. The molecular formula is C62H76Cl4N6O12S2. The molecule has 2 aliphatic rings. The maximum Gasteiger partial charge on any atom is 0.328 e. The smallest absolute Gasteiger partial charge is 0.328 e. The summed E-state index contributed by atoms with van der Waals surface area (Å²) in [6.45, 7) is 2.78. The van der Waals surface area contributed by atoms with Crippen LogP contribution in [-0.4, -0.2) is 106 Å². The molecule has 2 atom stereocenters. The van der Waals surface area contributed by atoms with E-state index in [0.717, 1.165) is 33.7 Å². The molecule has 2 heterocycles. The van der Waals surface area contributed by atoms with E-state index >= 15 is 0 Å². The number of nitrogens with zero attached hydrogens (tertiary/aromatic N) is 3. The highest BCUT2D eigenvalue weighted by Crippen LogP contribution is 2.37. The van der Waals surface area contributed by atoms with Gasteiger partial charge in [0, 0.05) is 56.6 Å². The molecular weight excluding hydrogens is 1230 g/mol. The molecule has 2 aliphatic heterocycles. The van der Waals surface area contributed by atoms with Gasteiger partial charge in [-0.25, -0.2) is 9.59 Å². The van der Waals surface area contributed by atoms with Crippen molar-refractivity contribution in [3.05, 3.63) is 163 Å². The average molecular weight is 1300 g/mol. The lowest BCUT2D eigenvalue weighted by molar-refractivity contribution is -0.384. The van der Waals surface area contributed by atoms with Crippen LogP contribution in [0.2, 0.25) is 20.1 Å². The molecule has 18 nitrogen and oxygen atoms in total. The molecule has 6 aromatic rings. The highest BCUT2D eigenvalue weighted by atomic mass is 35.5. The maximum atomic E-state index is 13.1. The average Bonchev–Trinajstić information content (AvgIpc) is 3.14. The summed E-state index contributed by atoms with van der Waals surface area (Å²) in [5, 5.41) is 16.9. The first-order valence-corrected chi connectivity index (χ1v) is 26.8. The normalized spacial score (nSPS) is 12.2. The number of methoxy groups -OCH3 is 2. The number of hydrogen-bond donors (Lipinski definition) is 3. The van der Waals surface area contributed by atoms with E-state index in [-0.39, 0.29) is 144 Å². The zero-order valence-corrected chi connectivity index (χ0v) is 49.5. The van der Waals surface area contributed by atoms with Gasteiger partial charge in [0.15, 0.2) is 0 Å². The van der Waals surface area contributed by atoms with Crippen LogP contribution >= 0.6 is 73.4 Å². The van der Waals surface area contributed by atoms with E-state index in [4.69, 9.17) is 71.1 Å². The van der Waals surface area contributed by atoms with Crippen molar-refractivity contribution in [3.8, 4) is 33.8 Å². The Hall–Kier alpha value is -7.20. The first-order valence-electron chi connectivity index (χ1n) is 25.3. The van der Waals surface area contributed by atoms with E-state index in [1.165, 1.54) is 26.4 Å². The first-order chi connectivity index (χ1) is 38.4. The van der Waals surface area contributed by atoms with Crippen LogP contribution in [0, 0.1) is 10.1 Å².